The molecule has 0 unspecified atom stereocenters. The maximum absolute atomic E-state index is 13.1. The van der Waals surface area contributed by atoms with Gasteiger partial charge in [0.25, 0.3) is 0 Å². The molecule has 1 saturated carbocycles. The van der Waals surface area contributed by atoms with Crippen LogP contribution in [0.5, 0.6) is 0 Å². The smallest absolute Gasteiger partial charge is 0.240 e. The van der Waals surface area contributed by atoms with Gasteiger partial charge in [0.1, 0.15) is 0 Å². The van der Waals surface area contributed by atoms with E-state index in [9.17, 15) is 8.42 Å². The minimum Gasteiger partial charge on any atom is -0.295 e. The van der Waals surface area contributed by atoms with E-state index in [4.69, 9.17) is 0 Å². The molecule has 0 bridgehead atoms. The molecule has 2 aromatic carbocycles. The van der Waals surface area contributed by atoms with Gasteiger partial charge in [-0.25, -0.2) is 13.1 Å². The van der Waals surface area contributed by atoms with Crippen LogP contribution in [-0.2, 0) is 16.6 Å². The van der Waals surface area contributed by atoms with E-state index in [0.29, 0.717) is 16.9 Å². The van der Waals surface area contributed by atoms with Crippen molar-refractivity contribution in [2.45, 2.75) is 55.6 Å². The van der Waals surface area contributed by atoms with Crippen LogP contribution in [-0.4, -0.2) is 31.9 Å². The molecule has 0 spiro atoms. The van der Waals surface area contributed by atoms with E-state index in [1.54, 1.807) is 12.1 Å². The van der Waals surface area contributed by atoms with Gasteiger partial charge in [0, 0.05) is 24.5 Å². The SMILES string of the molecule is Cc1ccc(S(=O)(=O)N[C@H]2CC[C@H]3CCN4Cc5ccccc5[C@H]2[C@@H]34)cc1. The highest BCUT2D eigenvalue weighted by molar-refractivity contribution is 7.89. The topological polar surface area (TPSA) is 49.4 Å². The normalized spacial score (nSPS) is 30.0. The Bertz CT molecular complexity index is 955. The summed E-state index contributed by atoms with van der Waals surface area (Å²) in [5.74, 6) is 0.944. The van der Waals surface area contributed by atoms with E-state index < -0.39 is 10.0 Å². The van der Waals surface area contributed by atoms with Crippen LogP contribution in [0.15, 0.2) is 53.4 Å². The van der Waals surface area contributed by atoms with E-state index in [1.165, 1.54) is 17.5 Å². The molecular formula is C22H26N2O2S. The molecule has 5 rings (SSSR count). The maximum Gasteiger partial charge on any atom is 0.240 e. The Morgan fingerprint density at radius 3 is 2.59 bits per heavy atom. The lowest BCUT2D eigenvalue weighted by molar-refractivity contribution is 0.117. The van der Waals surface area contributed by atoms with Crippen molar-refractivity contribution < 1.29 is 8.42 Å². The highest BCUT2D eigenvalue weighted by Gasteiger charge is 2.50. The first-order valence-electron chi connectivity index (χ1n) is 9.94. The number of benzene rings is 2. The Balaban J connectivity index is 1.51. The fourth-order valence-electron chi connectivity index (χ4n) is 5.52. The fraction of sp³-hybridized carbons (Fsp3) is 0.455. The van der Waals surface area contributed by atoms with Gasteiger partial charge in [-0.2, -0.15) is 0 Å². The molecule has 0 radical (unpaired) electrons. The summed E-state index contributed by atoms with van der Waals surface area (Å²) in [5.41, 5.74) is 3.78. The third-order valence-corrected chi connectivity index (χ3v) is 8.27. The van der Waals surface area contributed by atoms with Crippen LogP contribution in [0.1, 0.15) is 41.9 Å². The number of aryl methyl sites for hydroxylation is 1. The third kappa shape index (κ3) is 2.93. The monoisotopic (exact) mass is 382 g/mol. The van der Waals surface area contributed by atoms with Gasteiger partial charge in [-0.05, 0) is 61.9 Å². The average Bonchev–Trinajstić information content (AvgIpc) is 3.07. The standard InChI is InChI=1S/C22H26N2O2S/c1-15-6-9-18(10-7-15)27(25,26)23-20-11-8-16-12-13-24-14-17-4-2-3-5-19(17)21(20)22(16)24/h2-7,9-10,16,20-23H,8,11-14H2,1H3/t16-,20-,21+,22+/m0/s1. The Labute approximate surface area is 161 Å². The molecule has 4 nitrogen and oxygen atoms in total. The van der Waals surface area contributed by atoms with E-state index in [0.717, 1.165) is 31.5 Å². The van der Waals surface area contributed by atoms with Gasteiger partial charge in [0.2, 0.25) is 10.0 Å². The predicted octanol–water partition coefficient (Wildman–Crippen LogP) is 3.42. The van der Waals surface area contributed by atoms with Crippen molar-refractivity contribution in [1.29, 1.82) is 0 Å². The second-order valence-electron chi connectivity index (χ2n) is 8.35. The molecule has 0 amide bonds. The zero-order valence-electron chi connectivity index (χ0n) is 15.6. The lowest BCUT2D eigenvalue weighted by Gasteiger charge is -2.47. The van der Waals surface area contributed by atoms with Crippen LogP contribution in [0.3, 0.4) is 0 Å². The first kappa shape index (κ1) is 17.4. The number of nitrogens with zero attached hydrogens (tertiary/aromatic N) is 1. The molecule has 1 saturated heterocycles. The highest BCUT2D eigenvalue weighted by Crippen LogP contribution is 2.49. The summed E-state index contributed by atoms with van der Waals surface area (Å²) in [6, 6.07) is 16.2. The Morgan fingerprint density at radius 2 is 1.78 bits per heavy atom. The molecule has 2 aromatic rings. The first-order valence-corrected chi connectivity index (χ1v) is 11.4. The second-order valence-corrected chi connectivity index (χ2v) is 10.1. The number of hydrogen-bond acceptors (Lipinski definition) is 3. The number of fused-ring (bicyclic) bond motifs is 2. The third-order valence-electron chi connectivity index (χ3n) is 6.77. The lowest BCUT2D eigenvalue weighted by Crippen LogP contribution is -2.54. The summed E-state index contributed by atoms with van der Waals surface area (Å²) in [6.07, 6.45) is 3.27. The van der Waals surface area contributed by atoms with Crippen molar-refractivity contribution in [3.63, 3.8) is 0 Å². The number of rotatable bonds is 3. The van der Waals surface area contributed by atoms with Gasteiger partial charge in [-0.3, -0.25) is 4.90 Å². The summed E-state index contributed by atoms with van der Waals surface area (Å²) in [5, 5.41) is 0. The Kier molecular flexibility index (Phi) is 4.15. The minimum atomic E-state index is -3.51. The Morgan fingerprint density at radius 1 is 1.00 bits per heavy atom. The summed E-state index contributed by atoms with van der Waals surface area (Å²) in [7, 11) is -3.51. The van der Waals surface area contributed by atoms with Gasteiger partial charge in [0.15, 0.2) is 0 Å². The molecule has 2 aliphatic heterocycles. The first-order chi connectivity index (χ1) is 13.0. The van der Waals surface area contributed by atoms with Gasteiger partial charge in [0.05, 0.1) is 4.90 Å². The van der Waals surface area contributed by atoms with Gasteiger partial charge in [-0.15, -0.1) is 0 Å². The molecule has 142 valence electrons. The predicted molar refractivity (Wildman–Crippen MR) is 106 cm³/mol. The van der Waals surface area contributed by atoms with Crippen LogP contribution in [0.4, 0.5) is 0 Å². The molecule has 1 N–H and O–H groups in total. The minimum absolute atomic E-state index is 0.0420. The van der Waals surface area contributed by atoms with Gasteiger partial charge >= 0.3 is 0 Å². The van der Waals surface area contributed by atoms with Crippen molar-refractivity contribution in [3.8, 4) is 0 Å². The van der Waals surface area contributed by atoms with Crippen molar-refractivity contribution in [1.82, 2.24) is 9.62 Å². The molecule has 27 heavy (non-hydrogen) atoms. The van der Waals surface area contributed by atoms with Crippen molar-refractivity contribution in [2.24, 2.45) is 5.92 Å². The van der Waals surface area contributed by atoms with Crippen molar-refractivity contribution >= 4 is 10.0 Å². The molecule has 5 heteroatoms. The maximum atomic E-state index is 13.1. The second kappa shape index (κ2) is 6.43. The van der Waals surface area contributed by atoms with Gasteiger partial charge in [-0.1, -0.05) is 42.0 Å². The van der Waals surface area contributed by atoms with E-state index in [-0.39, 0.29) is 12.0 Å². The van der Waals surface area contributed by atoms with Crippen LogP contribution in [0.2, 0.25) is 0 Å². The molecule has 2 heterocycles. The van der Waals surface area contributed by atoms with E-state index >= 15 is 0 Å². The summed E-state index contributed by atoms with van der Waals surface area (Å²) in [6.45, 7) is 4.11. The van der Waals surface area contributed by atoms with Crippen LogP contribution in [0.25, 0.3) is 0 Å². The zero-order valence-corrected chi connectivity index (χ0v) is 16.5. The average molecular weight is 383 g/mol. The van der Waals surface area contributed by atoms with Crippen molar-refractivity contribution in [2.75, 3.05) is 6.54 Å². The summed E-state index contributed by atoms with van der Waals surface area (Å²) in [4.78, 5) is 2.95. The quantitative estimate of drug-likeness (QED) is 0.885. The Hall–Kier alpha value is -1.69. The fourth-order valence-corrected chi connectivity index (χ4v) is 6.81. The number of hydrogen-bond donors (Lipinski definition) is 1. The van der Waals surface area contributed by atoms with Gasteiger partial charge < -0.3 is 0 Å². The summed E-state index contributed by atoms with van der Waals surface area (Å²) < 4.78 is 29.2. The van der Waals surface area contributed by atoms with Crippen LogP contribution >= 0.6 is 0 Å². The van der Waals surface area contributed by atoms with Crippen molar-refractivity contribution in [3.05, 3.63) is 65.2 Å². The van der Waals surface area contributed by atoms with E-state index in [1.807, 2.05) is 19.1 Å². The number of sulfonamides is 1. The zero-order chi connectivity index (χ0) is 18.6. The van der Waals surface area contributed by atoms with Crippen LogP contribution < -0.4 is 4.72 Å². The molecule has 3 aliphatic rings. The highest BCUT2D eigenvalue weighted by atomic mass is 32.2. The largest absolute Gasteiger partial charge is 0.295 e. The molecule has 2 fully saturated rings. The molecular weight excluding hydrogens is 356 g/mol. The molecule has 4 atom stereocenters. The number of nitrogens with one attached hydrogen (secondary N) is 1. The lowest BCUT2D eigenvalue weighted by atomic mass is 9.69. The van der Waals surface area contributed by atoms with Crippen LogP contribution in [0, 0.1) is 12.8 Å². The molecule has 1 aliphatic carbocycles. The van der Waals surface area contributed by atoms with E-state index in [2.05, 4.69) is 33.9 Å². The molecule has 0 aromatic heterocycles. The summed E-state index contributed by atoms with van der Waals surface area (Å²) >= 11 is 0.